The summed E-state index contributed by atoms with van der Waals surface area (Å²) < 4.78 is 0. The average Bonchev–Trinajstić information content (AvgIpc) is 3.08. The summed E-state index contributed by atoms with van der Waals surface area (Å²) in [6, 6.07) is 11.2. The molecule has 0 unspecified atom stereocenters. The molecule has 7 heteroatoms. The lowest BCUT2D eigenvalue weighted by Gasteiger charge is -2.16. The molecule has 1 heterocycles. The van der Waals surface area contributed by atoms with Crippen LogP contribution in [-0.2, 0) is 28.9 Å². The smallest absolute Gasteiger partial charge is 0.279 e. The van der Waals surface area contributed by atoms with Crippen molar-refractivity contribution in [3.63, 3.8) is 0 Å². The summed E-state index contributed by atoms with van der Waals surface area (Å²) in [4.78, 5) is 37.8. The van der Waals surface area contributed by atoms with E-state index >= 15 is 0 Å². The van der Waals surface area contributed by atoms with Gasteiger partial charge in [-0.25, -0.2) is 0 Å². The van der Waals surface area contributed by atoms with Crippen LogP contribution in [0.1, 0.15) is 39.0 Å². The van der Waals surface area contributed by atoms with Crippen LogP contribution < -0.4 is 16.2 Å². The van der Waals surface area contributed by atoms with E-state index in [2.05, 4.69) is 23.1 Å². The molecule has 0 bridgehead atoms. The Morgan fingerprint density at radius 3 is 2.67 bits per heavy atom. The lowest BCUT2D eigenvalue weighted by atomic mass is 9.90. The minimum absolute atomic E-state index is 0.190. The fourth-order valence-corrected chi connectivity index (χ4v) is 4.18. The van der Waals surface area contributed by atoms with Gasteiger partial charge in [-0.1, -0.05) is 37.3 Å². The Bertz CT molecular complexity index is 832. The van der Waals surface area contributed by atoms with Gasteiger partial charge in [-0.3, -0.25) is 25.2 Å². The van der Waals surface area contributed by atoms with Gasteiger partial charge >= 0.3 is 0 Å². The molecule has 1 aromatic heterocycles. The maximum absolute atomic E-state index is 12.2. The normalized spacial score (nSPS) is 15.5. The fourth-order valence-electron chi connectivity index (χ4n) is 3.07. The molecule has 0 spiro atoms. The van der Waals surface area contributed by atoms with Crippen LogP contribution in [0, 0.1) is 5.92 Å². The Balaban J connectivity index is 1.41. The lowest BCUT2D eigenvalue weighted by Crippen LogP contribution is -2.46. The van der Waals surface area contributed by atoms with Gasteiger partial charge in [-0.05, 0) is 42.4 Å². The Kier molecular flexibility index (Phi) is 6.24. The van der Waals surface area contributed by atoms with Crippen LogP contribution in [0.3, 0.4) is 0 Å². The van der Waals surface area contributed by atoms with E-state index in [1.165, 1.54) is 21.8 Å². The summed E-state index contributed by atoms with van der Waals surface area (Å²) in [5.41, 5.74) is 6.87. The van der Waals surface area contributed by atoms with Gasteiger partial charge in [-0.15, -0.1) is 11.3 Å². The number of hydrogen-bond donors (Lipinski definition) is 3. The summed E-state index contributed by atoms with van der Waals surface area (Å²) in [6.45, 7) is 2.02. The van der Waals surface area contributed by atoms with E-state index in [4.69, 9.17) is 0 Å². The second-order valence-corrected chi connectivity index (χ2v) is 7.99. The van der Waals surface area contributed by atoms with Gasteiger partial charge in [-0.2, -0.15) is 0 Å². The van der Waals surface area contributed by atoms with Crippen molar-refractivity contribution in [1.29, 1.82) is 0 Å². The molecule has 2 aromatic rings. The minimum Gasteiger partial charge on any atom is -0.347 e. The fraction of sp³-hybridized carbons (Fsp3) is 0.350. The van der Waals surface area contributed by atoms with E-state index in [0.717, 1.165) is 24.8 Å². The third kappa shape index (κ3) is 5.40. The zero-order chi connectivity index (χ0) is 19.2. The first-order valence-electron chi connectivity index (χ1n) is 9.02. The lowest BCUT2D eigenvalue weighted by molar-refractivity contribution is -0.126. The van der Waals surface area contributed by atoms with Gasteiger partial charge in [0.25, 0.3) is 11.8 Å². The number of rotatable bonds is 5. The largest absolute Gasteiger partial charge is 0.347 e. The van der Waals surface area contributed by atoms with Gasteiger partial charge in [0.1, 0.15) is 0 Å². The van der Waals surface area contributed by atoms with Crippen molar-refractivity contribution in [3.05, 3.63) is 57.3 Å². The third-order valence-electron chi connectivity index (χ3n) is 4.52. The predicted octanol–water partition coefficient (Wildman–Crippen LogP) is 1.99. The van der Waals surface area contributed by atoms with Crippen LogP contribution >= 0.6 is 11.3 Å². The standard InChI is InChI=1S/C20H23N3O3S/c1-13-7-8-16-15(9-13)11-17(27-16)20(26)23-22-19(25)12-21-18(24)10-14-5-3-2-4-6-14/h2-6,11,13H,7-10,12H2,1H3,(H,21,24)(H,22,25)(H,23,26)/t13-/m0/s1. The molecule has 0 fully saturated rings. The average molecular weight is 385 g/mol. The zero-order valence-electron chi connectivity index (χ0n) is 15.2. The van der Waals surface area contributed by atoms with Crippen molar-refractivity contribution in [2.75, 3.05) is 6.54 Å². The molecule has 142 valence electrons. The number of carbonyl (C=O) groups excluding carboxylic acids is 3. The molecule has 0 aliphatic heterocycles. The van der Waals surface area contributed by atoms with Gasteiger partial charge in [0.2, 0.25) is 5.91 Å². The summed E-state index contributed by atoms with van der Waals surface area (Å²) in [5, 5.41) is 2.54. The Hall–Kier alpha value is -2.67. The van der Waals surface area contributed by atoms with Gasteiger partial charge < -0.3 is 5.32 Å². The van der Waals surface area contributed by atoms with Crippen molar-refractivity contribution < 1.29 is 14.4 Å². The quantitative estimate of drug-likeness (QED) is 0.688. The molecule has 1 aliphatic carbocycles. The van der Waals surface area contributed by atoms with E-state index in [1.54, 1.807) is 0 Å². The number of thiophene rings is 1. The number of hydrogen-bond acceptors (Lipinski definition) is 4. The highest BCUT2D eigenvalue weighted by Gasteiger charge is 2.20. The van der Waals surface area contributed by atoms with Crippen LogP contribution in [0.4, 0.5) is 0 Å². The van der Waals surface area contributed by atoms with Crippen LogP contribution in [0.5, 0.6) is 0 Å². The number of fused-ring (bicyclic) bond motifs is 1. The molecule has 27 heavy (non-hydrogen) atoms. The third-order valence-corrected chi connectivity index (χ3v) is 5.76. The summed E-state index contributed by atoms with van der Waals surface area (Å²) in [7, 11) is 0. The molecule has 0 saturated carbocycles. The van der Waals surface area contributed by atoms with Crippen molar-refractivity contribution in [1.82, 2.24) is 16.2 Å². The molecule has 0 radical (unpaired) electrons. The highest BCUT2D eigenvalue weighted by atomic mass is 32.1. The molecule has 3 N–H and O–H groups in total. The van der Waals surface area contributed by atoms with Crippen LogP contribution in [0.2, 0.25) is 0 Å². The second-order valence-electron chi connectivity index (χ2n) is 6.85. The van der Waals surface area contributed by atoms with Crippen LogP contribution in [0.15, 0.2) is 36.4 Å². The monoisotopic (exact) mass is 385 g/mol. The molecule has 1 aromatic carbocycles. The molecule has 3 rings (SSSR count). The molecular weight excluding hydrogens is 362 g/mol. The number of aryl methyl sites for hydroxylation is 1. The van der Waals surface area contributed by atoms with E-state index in [-0.39, 0.29) is 24.8 Å². The Morgan fingerprint density at radius 1 is 1.11 bits per heavy atom. The van der Waals surface area contributed by atoms with Crippen molar-refractivity contribution in [3.8, 4) is 0 Å². The molecule has 1 atom stereocenters. The van der Waals surface area contributed by atoms with Gasteiger partial charge in [0.15, 0.2) is 0 Å². The second kappa shape index (κ2) is 8.81. The van der Waals surface area contributed by atoms with Crippen molar-refractivity contribution in [2.45, 2.75) is 32.6 Å². The number of nitrogens with one attached hydrogen (secondary N) is 3. The van der Waals surface area contributed by atoms with Gasteiger partial charge in [0.05, 0.1) is 17.8 Å². The molecule has 6 nitrogen and oxygen atoms in total. The summed E-state index contributed by atoms with van der Waals surface area (Å²) in [5.74, 6) is -0.407. The molecule has 1 aliphatic rings. The number of benzene rings is 1. The highest BCUT2D eigenvalue weighted by Crippen LogP contribution is 2.32. The zero-order valence-corrected chi connectivity index (χ0v) is 16.0. The minimum atomic E-state index is -0.472. The summed E-state index contributed by atoms with van der Waals surface area (Å²) >= 11 is 1.48. The number of carbonyl (C=O) groups is 3. The van der Waals surface area contributed by atoms with E-state index < -0.39 is 5.91 Å². The SMILES string of the molecule is C[C@H]1CCc2sc(C(=O)NNC(=O)CNC(=O)Cc3ccccc3)cc2C1. The first-order chi connectivity index (χ1) is 13.0. The summed E-state index contributed by atoms with van der Waals surface area (Å²) in [6.07, 6.45) is 3.36. The molecule has 0 saturated heterocycles. The first-order valence-corrected chi connectivity index (χ1v) is 9.84. The Morgan fingerprint density at radius 2 is 1.89 bits per heavy atom. The highest BCUT2D eigenvalue weighted by molar-refractivity contribution is 7.14. The maximum Gasteiger partial charge on any atom is 0.279 e. The predicted molar refractivity (Wildman–Crippen MR) is 104 cm³/mol. The van der Waals surface area contributed by atoms with Crippen molar-refractivity contribution >= 4 is 29.1 Å². The number of amides is 3. The molecule has 3 amide bonds. The first kappa shape index (κ1) is 19.1. The van der Waals surface area contributed by atoms with E-state index in [9.17, 15) is 14.4 Å². The van der Waals surface area contributed by atoms with Crippen molar-refractivity contribution in [2.24, 2.45) is 5.92 Å². The van der Waals surface area contributed by atoms with Gasteiger partial charge in [0, 0.05) is 4.88 Å². The van der Waals surface area contributed by atoms with Crippen LogP contribution in [-0.4, -0.2) is 24.3 Å². The topological polar surface area (TPSA) is 87.3 Å². The van der Waals surface area contributed by atoms with E-state index in [0.29, 0.717) is 10.8 Å². The molecular formula is C20H23N3O3S. The maximum atomic E-state index is 12.2. The van der Waals surface area contributed by atoms with Crippen LogP contribution in [0.25, 0.3) is 0 Å². The number of hydrazine groups is 1. The van der Waals surface area contributed by atoms with E-state index in [1.807, 2.05) is 36.4 Å². The Labute approximate surface area is 162 Å².